The minimum atomic E-state index is -0.459. The van der Waals surface area contributed by atoms with Crippen LogP contribution in [0.3, 0.4) is 0 Å². The van der Waals surface area contributed by atoms with E-state index in [0.717, 1.165) is 17.9 Å². The molecule has 1 unspecified atom stereocenters. The maximum atomic E-state index is 12.3. The summed E-state index contributed by atoms with van der Waals surface area (Å²) in [7, 11) is 0. The van der Waals surface area contributed by atoms with E-state index in [1.165, 1.54) is 0 Å². The first kappa shape index (κ1) is 14.5. The molecule has 1 saturated heterocycles. The second-order valence-corrected chi connectivity index (χ2v) is 5.20. The monoisotopic (exact) mass is 297 g/mol. The second-order valence-electron chi connectivity index (χ2n) is 5.20. The molecule has 2 aromatic rings. The van der Waals surface area contributed by atoms with E-state index in [1.54, 1.807) is 6.20 Å². The molecule has 1 atom stereocenters. The lowest BCUT2D eigenvalue weighted by atomic mass is 10.2. The summed E-state index contributed by atoms with van der Waals surface area (Å²) in [4.78, 5) is 18.7. The molecule has 1 fully saturated rings. The molecule has 1 amide bonds. The third-order valence-corrected chi connectivity index (χ3v) is 3.64. The van der Waals surface area contributed by atoms with Crippen LogP contribution in [0.2, 0.25) is 0 Å². The molecule has 5 nitrogen and oxygen atoms in total. The summed E-state index contributed by atoms with van der Waals surface area (Å²) in [5.74, 6) is 0.802. The van der Waals surface area contributed by atoms with Crippen LogP contribution in [0, 0.1) is 0 Å². The number of pyridine rings is 1. The zero-order valence-corrected chi connectivity index (χ0v) is 12.3. The van der Waals surface area contributed by atoms with Gasteiger partial charge in [-0.2, -0.15) is 0 Å². The third kappa shape index (κ3) is 3.62. The largest absolute Gasteiger partial charge is 0.365 e. The zero-order chi connectivity index (χ0) is 15.2. The van der Waals surface area contributed by atoms with Gasteiger partial charge in [-0.25, -0.2) is 4.98 Å². The predicted octanol–water partition coefficient (Wildman–Crippen LogP) is 1.60. The molecule has 2 heterocycles. The van der Waals surface area contributed by atoms with Gasteiger partial charge >= 0.3 is 0 Å². The summed E-state index contributed by atoms with van der Waals surface area (Å²) in [6.07, 6.45) is 1.30. The highest BCUT2D eigenvalue weighted by molar-refractivity contribution is 5.81. The standard InChI is InChI=1S/C17H19N3O2/c21-17(19-12-14-6-2-1-3-7-14)15-13-20(10-11-22-15)16-8-4-5-9-18-16/h1-9,15H,10-13H2,(H,19,21). The Morgan fingerprint density at radius 2 is 2.05 bits per heavy atom. The van der Waals surface area contributed by atoms with Crippen molar-refractivity contribution in [2.45, 2.75) is 12.6 Å². The van der Waals surface area contributed by atoms with Gasteiger partial charge in [0.05, 0.1) is 13.2 Å². The fourth-order valence-electron chi connectivity index (χ4n) is 2.46. The van der Waals surface area contributed by atoms with Gasteiger partial charge in [-0.1, -0.05) is 36.4 Å². The van der Waals surface area contributed by atoms with Crippen molar-refractivity contribution in [2.24, 2.45) is 0 Å². The molecule has 0 bridgehead atoms. The molecule has 114 valence electrons. The van der Waals surface area contributed by atoms with Crippen LogP contribution in [-0.2, 0) is 16.1 Å². The Hall–Kier alpha value is -2.40. The van der Waals surface area contributed by atoms with Crippen molar-refractivity contribution < 1.29 is 9.53 Å². The van der Waals surface area contributed by atoms with Crippen LogP contribution in [0.4, 0.5) is 5.82 Å². The Morgan fingerprint density at radius 3 is 2.82 bits per heavy atom. The summed E-state index contributed by atoms with van der Waals surface area (Å²) in [6.45, 7) is 2.32. The van der Waals surface area contributed by atoms with Crippen LogP contribution in [0.25, 0.3) is 0 Å². The molecular formula is C17H19N3O2. The van der Waals surface area contributed by atoms with Gasteiger partial charge in [-0.15, -0.1) is 0 Å². The van der Waals surface area contributed by atoms with E-state index in [-0.39, 0.29) is 5.91 Å². The minimum absolute atomic E-state index is 0.0792. The van der Waals surface area contributed by atoms with Crippen LogP contribution < -0.4 is 10.2 Å². The number of anilines is 1. The Bertz CT molecular complexity index is 604. The van der Waals surface area contributed by atoms with Gasteiger partial charge in [-0.3, -0.25) is 4.79 Å². The van der Waals surface area contributed by atoms with Crippen molar-refractivity contribution in [3.05, 3.63) is 60.3 Å². The lowest BCUT2D eigenvalue weighted by Crippen LogP contribution is -2.50. The highest BCUT2D eigenvalue weighted by atomic mass is 16.5. The van der Waals surface area contributed by atoms with Gasteiger partial charge in [-0.05, 0) is 17.7 Å². The average molecular weight is 297 g/mol. The number of carbonyl (C=O) groups is 1. The second kappa shape index (κ2) is 7.04. The van der Waals surface area contributed by atoms with Crippen molar-refractivity contribution in [1.82, 2.24) is 10.3 Å². The number of amides is 1. The topological polar surface area (TPSA) is 54.5 Å². The number of nitrogens with one attached hydrogen (secondary N) is 1. The fourth-order valence-corrected chi connectivity index (χ4v) is 2.46. The van der Waals surface area contributed by atoms with Crippen molar-refractivity contribution in [3.8, 4) is 0 Å². The number of rotatable bonds is 4. The molecule has 0 spiro atoms. The van der Waals surface area contributed by atoms with E-state index in [0.29, 0.717) is 19.7 Å². The number of ether oxygens (including phenoxy) is 1. The van der Waals surface area contributed by atoms with Crippen molar-refractivity contribution in [1.29, 1.82) is 0 Å². The number of benzene rings is 1. The maximum absolute atomic E-state index is 12.3. The van der Waals surface area contributed by atoms with Crippen molar-refractivity contribution in [3.63, 3.8) is 0 Å². The molecule has 1 aliphatic heterocycles. The summed E-state index contributed by atoms with van der Waals surface area (Å²) in [5.41, 5.74) is 1.08. The summed E-state index contributed by atoms with van der Waals surface area (Å²) in [6, 6.07) is 15.6. The molecule has 0 aliphatic carbocycles. The molecule has 1 aliphatic rings. The number of hydrogen-bond donors (Lipinski definition) is 1. The highest BCUT2D eigenvalue weighted by Gasteiger charge is 2.27. The van der Waals surface area contributed by atoms with E-state index in [2.05, 4.69) is 15.2 Å². The maximum Gasteiger partial charge on any atom is 0.251 e. The lowest BCUT2D eigenvalue weighted by molar-refractivity contribution is -0.133. The summed E-state index contributed by atoms with van der Waals surface area (Å²) < 4.78 is 5.60. The highest BCUT2D eigenvalue weighted by Crippen LogP contribution is 2.14. The molecule has 5 heteroatoms. The van der Waals surface area contributed by atoms with E-state index < -0.39 is 6.10 Å². The molecule has 3 rings (SSSR count). The Balaban J connectivity index is 1.56. The van der Waals surface area contributed by atoms with E-state index in [9.17, 15) is 4.79 Å². The van der Waals surface area contributed by atoms with E-state index in [4.69, 9.17) is 4.74 Å². The Morgan fingerprint density at radius 1 is 1.23 bits per heavy atom. The molecule has 1 N–H and O–H groups in total. The van der Waals surface area contributed by atoms with Gasteiger partial charge in [0.15, 0.2) is 6.10 Å². The summed E-state index contributed by atoms with van der Waals surface area (Å²) in [5, 5.41) is 2.93. The molecule has 0 radical (unpaired) electrons. The molecule has 22 heavy (non-hydrogen) atoms. The van der Waals surface area contributed by atoms with Crippen LogP contribution >= 0.6 is 0 Å². The van der Waals surface area contributed by atoms with E-state index in [1.807, 2.05) is 48.5 Å². The van der Waals surface area contributed by atoms with Crippen LogP contribution in [0.15, 0.2) is 54.7 Å². The first-order chi connectivity index (χ1) is 10.8. The average Bonchev–Trinajstić information content (AvgIpc) is 2.61. The number of morpholine rings is 1. The molecule has 0 saturated carbocycles. The van der Waals surface area contributed by atoms with Crippen LogP contribution in [-0.4, -0.2) is 36.7 Å². The van der Waals surface area contributed by atoms with Crippen LogP contribution in [0.1, 0.15) is 5.56 Å². The normalized spacial score (nSPS) is 18.0. The number of nitrogens with zero attached hydrogens (tertiary/aromatic N) is 2. The third-order valence-electron chi connectivity index (χ3n) is 3.64. The lowest BCUT2D eigenvalue weighted by Gasteiger charge is -2.32. The number of carbonyl (C=O) groups excluding carboxylic acids is 1. The van der Waals surface area contributed by atoms with Gasteiger partial charge in [0.2, 0.25) is 0 Å². The molecule has 1 aromatic heterocycles. The quantitative estimate of drug-likeness (QED) is 0.931. The first-order valence-corrected chi connectivity index (χ1v) is 7.42. The Labute approximate surface area is 129 Å². The zero-order valence-electron chi connectivity index (χ0n) is 12.3. The number of aromatic nitrogens is 1. The molecular weight excluding hydrogens is 278 g/mol. The minimum Gasteiger partial charge on any atom is -0.365 e. The van der Waals surface area contributed by atoms with Gasteiger partial charge in [0.25, 0.3) is 5.91 Å². The van der Waals surface area contributed by atoms with Crippen molar-refractivity contribution in [2.75, 3.05) is 24.6 Å². The van der Waals surface area contributed by atoms with Crippen LogP contribution in [0.5, 0.6) is 0 Å². The molecule has 1 aromatic carbocycles. The smallest absolute Gasteiger partial charge is 0.251 e. The summed E-state index contributed by atoms with van der Waals surface area (Å²) >= 11 is 0. The van der Waals surface area contributed by atoms with Crippen molar-refractivity contribution >= 4 is 11.7 Å². The first-order valence-electron chi connectivity index (χ1n) is 7.42. The predicted molar refractivity (Wildman–Crippen MR) is 84.5 cm³/mol. The van der Waals surface area contributed by atoms with Gasteiger partial charge in [0.1, 0.15) is 5.82 Å². The Kier molecular flexibility index (Phi) is 4.65. The fraction of sp³-hybridized carbons (Fsp3) is 0.294. The van der Waals surface area contributed by atoms with Gasteiger partial charge in [0, 0.05) is 19.3 Å². The van der Waals surface area contributed by atoms with Gasteiger partial charge < -0.3 is 15.0 Å². The SMILES string of the molecule is O=C(NCc1ccccc1)C1CN(c2ccccn2)CCO1. The van der Waals surface area contributed by atoms with E-state index >= 15 is 0 Å². The number of hydrogen-bond acceptors (Lipinski definition) is 4.